The fourth-order valence-electron chi connectivity index (χ4n) is 3.27. The maximum atomic E-state index is 11.7. The zero-order valence-corrected chi connectivity index (χ0v) is 16.9. The van der Waals surface area contributed by atoms with E-state index in [2.05, 4.69) is 0 Å². The maximum absolute atomic E-state index is 11.7. The van der Waals surface area contributed by atoms with Gasteiger partial charge in [0, 0.05) is 18.6 Å². The van der Waals surface area contributed by atoms with Crippen molar-refractivity contribution in [1.29, 1.82) is 0 Å². The average Bonchev–Trinajstić information content (AvgIpc) is 2.77. The second-order valence-electron chi connectivity index (χ2n) is 6.96. The van der Waals surface area contributed by atoms with Crippen LogP contribution in [0.1, 0.15) is 36.7 Å². The highest BCUT2D eigenvalue weighted by molar-refractivity contribution is 5.69. The lowest BCUT2D eigenvalue weighted by molar-refractivity contribution is -0.251. The van der Waals surface area contributed by atoms with Gasteiger partial charge in [-0.15, -0.1) is 0 Å². The van der Waals surface area contributed by atoms with E-state index in [4.69, 9.17) is 23.7 Å². The smallest absolute Gasteiger partial charge is 0.308 e. The summed E-state index contributed by atoms with van der Waals surface area (Å²) in [6, 6.07) is 17.6. The summed E-state index contributed by atoms with van der Waals surface area (Å²) in [6.45, 7) is 1.09. The van der Waals surface area contributed by atoms with Crippen molar-refractivity contribution in [3.05, 3.63) is 65.7 Å². The highest BCUT2D eigenvalue weighted by Crippen LogP contribution is 2.32. The van der Waals surface area contributed by atoms with Crippen LogP contribution in [0.4, 0.5) is 0 Å². The molecule has 1 saturated heterocycles. The second kappa shape index (κ2) is 11.0. The Labute approximate surface area is 171 Å². The quantitative estimate of drug-likeness (QED) is 0.468. The molecule has 2 aromatic carbocycles. The summed E-state index contributed by atoms with van der Waals surface area (Å²) in [5.74, 6) is 0.547. The predicted molar refractivity (Wildman–Crippen MR) is 107 cm³/mol. The molecule has 0 radical (unpaired) electrons. The van der Waals surface area contributed by atoms with Gasteiger partial charge in [0.2, 0.25) is 0 Å². The SMILES string of the molecule is COC(=O)C[C@@H]1C[C@H](CCOCc2ccc(OC)cc2)O[C@H](c2ccccc2)O1. The molecule has 1 heterocycles. The van der Waals surface area contributed by atoms with Gasteiger partial charge < -0.3 is 23.7 Å². The second-order valence-corrected chi connectivity index (χ2v) is 6.96. The van der Waals surface area contributed by atoms with Crippen molar-refractivity contribution in [2.45, 2.75) is 44.4 Å². The molecule has 0 N–H and O–H groups in total. The van der Waals surface area contributed by atoms with E-state index in [1.807, 2.05) is 54.6 Å². The normalized spacial score (nSPS) is 21.5. The molecule has 0 bridgehead atoms. The van der Waals surface area contributed by atoms with Crippen molar-refractivity contribution < 1.29 is 28.5 Å². The van der Waals surface area contributed by atoms with Crippen molar-refractivity contribution in [2.24, 2.45) is 0 Å². The first-order chi connectivity index (χ1) is 14.2. The number of carbonyl (C=O) groups excluding carboxylic acids is 1. The molecular formula is C23H28O6. The maximum Gasteiger partial charge on any atom is 0.308 e. The van der Waals surface area contributed by atoms with Crippen LogP contribution in [0.5, 0.6) is 5.75 Å². The monoisotopic (exact) mass is 400 g/mol. The molecule has 1 aliphatic heterocycles. The Morgan fingerprint density at radius 1 is 1.00 bits per heavy atom. The molecule has 0 amide bonds. The standard InChI is InChI=1S/C23H28O6/c1-25-19-10-8-17(9-11-19)16-27-13-12-20-14-21(15-22(24)26-2)29-23(28-20)18-6-4-3-5-7-18/h3-11,20-21,23H,12-16H2,1-2H3/t20-,21-,23-/m0/s1. The molecule has 156 valence electrons. The predicted octanol–water partition coefficient (Wildman–Crippen LogP) is 4.04. The Balaban J connectivity index is 1.52. The van der Waals surface area contributed by atoms with Gasteiger partial charge in [-0.25, -0.2) is 0 Å². The molecular weight excluding hydrogens is 372 g/mol. The van der Waals surface area contributed by atoms with Gasteiger partial charge in [-0.1, -0.05) is 42.5 Å². The molecule has 0 saturated carbocycles. The lowest BCUT2D eigenvalue weighted by Crippen LogP contribution is -2.35. The Kier molecular flexibility index (Phi) is 8.04. The number of hydrogen-bond donors (Lipinski definition) is 0. The first-order valence-corrected chi connectivity index (χ1v) is 9.81. The number of rotatable bonds is 9. The minimum atomic E-state index is -0.494. The molecule has 2 aromatic rings. The minimum absolute atomic E-state index is 0.0560. The van der Waals surface area contributed by atoms with Crippen LogP contribution in [0.2, 0.25) is 0 Å². The molecule has 0 aliphatic carbocycles. The number of hydrogen-bond acceptors (Lipinski definition) is 6. The molecule has 0 aromatic heterocycles. The largest absolute Gasteiger partial charge is 0.497 e. The van der Waals surface area contributed by atoms with Crippen molar-refractivity contribution in [1.82, 2.24) is 0 Å². The van der Waals surface area contributed by atoms with Gasteiger partial charge >= 0.3 is 5.97 Å². The molecule has 3 atom stereocenters. The van der Waals surface area contributed by atoms with E-state index in [0.717, 1.165) is 23.3 Å². The number of carbonyl (C=O) groups is 1. The number of benzene rings is 2. The first-order valence-electron chi connectivity index (χ1n) is 9.81. The Morgan fingerprint density at radius 3 is 2.41 bits per heavy atom. The molecule has 1 aliphatic rings. The molecule has 0 unspecified atom stereocenters. The molecule has 0 spiro atoms. The van der Waals surface area contributed by atoms with Crippen LogP contribution in [-0.4, -0.2) is 39.0 Å². The summed E-state index contributed by atoms with van der Waals surface area (Å²) in [6.07, 6.45) is 0.774. The van der Waals surface area contributed by atoms with Crippen LogP contribution >= 0.6 is 0 Å². The summed E-state index contributed by atoms with van der Waals surface area (Å²) in [5, 5.41) is 0. The van der Waals surface area contributed by atoms with Crippen LogP contribution in [-0.2, 0) is 30.3 Å². The van der Waals surface area contributed by atoms with Crippen LogP contribution in [0.3, 0.4) is 0 Å². The highest BCUT2D eigenvalue weighted by Gasteiger charge is 2.32. The van der Waals surface area contributed by atoms with Gasteiger partial charge in [-0.3, -0.25) is 4.79 Å². The van der Waals surface area contributed by atoms with E-state index < -0.39 is 6.29 Å². The van der Waals surface area contributed by atoms with Gasteiger partial charge in [0.15, 0.2) is 6.29 Å². The molecule has 29 heavy (non-hydrogen) atoms. The first kappa shape index (κ1) is 21.3. The fraction of sp³-hybridized carbons (Fsp3) is 0.435. The van der Waals surface area contributed by atoms with Gasteiger partial charge in [0.05, 0.1) is 39.5 Å². The number of esters is 1. The van der Waals surface area contributed by atoms with E-state index in [1.165, 1.54) is 7.11 Å². The van der Waals surface area contributed by atoms with Gasteiger partial charge in [0.25, 0.3) is 0 Å². The summed E-state index contributed by atoms with van der Waals surface area (Å²) < 4.78 is 27.9. The minimum Gasteiger partial charge on any atom is -0.497 e. The summed E-state index contributed by atoms with van der Waals surface area (Å²) >= 11 is 0. The van der Waals surface area contributed by atoms with E-state index in [1.54, 1.807) is 7.11 Å². The van der Waals surface area contributed by atoms with Gasteiger partial charge in [-0.2, -0.15) is 0 Å². The van der Waals surface area contributed by atoms with Crippen LogP contribution < -0.4 is 4.74 Å². The molecule has 1 fully saturated rings. The molecule has 6 nitrogen and oxygen atoms in total. The highest BCUT2D eigenvalue weighted by atomic mass is 16.7. The average molecular weight is 400 g/mol. The third-order valence-corrected chi connectivity index (χ3v) is 4.86. The lowest BCUT2D eigenvalue weighted by atomic mass is 10.0. The van der Waals surface area contributed by atoms with Crippen molar-refractivity contribution in [2.75, 3.05) is 20.8 Å². The van der Waals surface area contributed by atoms with Crippen molar-refractivity contribution in [3.63, 3.8) is 0 Å². The Morgan fingerprint density at radius 2 is 1.72 bits per heavy atom. The molecule has 6 heteroatoms. The Bertz CT molecular complexity index is 746. The van der Waals surface area contributed by atoms with Crippen LogP contribution in [0.15, 0.2) is 54.6 Å². The number of ether oxygens (including phenoxy) is 5. The Hall–Kier alpha value is -2.41. The molecule has 3 rings (SSSR count). The van der Waals surface area contributed by atoms with Crippen molar-refractivity contribution >= 4 is 5.97 Å². The van der Waals surface area contributed by atoms with Crippen molar-refractivity contribution in [3.8, 4) is 5.75 Å². The van der Waals surface area contributed by atoms with Crippen LogP contribution in [0, 0.1) is 0 Å². The fourth-order valence-corrected chi connectivity index (χ4v) is 3.27. The van der Waals surface area contributed by atoms with E-state index in [9.17, 15) is 4.79 Å². The lowest BCUT2D eigenvalue weighted by Gasteiger charge is -2.35. The third-order valence-electron chi connectivity index (χ3n) is 4.86. The number of methoxy groups -OCH3 is 2. The summed E-state index contributed by atoms with van der Waals surface area (Å²) in [4.78, 5) is 11.7. The summed E-state index contributed by atoms with van der Waals surface area (Å²) in [7, 11) is 3.04. The van der Waals surface area contributed by atoms with Gasteiger partial charge in [0.1, 0.15) is 5.75 Å². The zero-order valence-electron chi connectivity index (χ0n) is 16.9. The summed E-state index contributed by atoms with van der Waals surface area (Å²) in [5.41, 5.74) is 2.02. The van der Waals surface area contributed by atoms with E-state index in [-0.39, 0.29) is 24.6 Å². The van der Waals surface area contributed by atoms with Gasteiger partial charge in [-0.05, 0) is 24.1 Å². The van der Waals surface area contributed by atoms with E-state index >= 15 is 0 Å². The van der Waals surface area contributed by atoms with E-state index in [0.29, 0.717) is 19.6 Å². The van der Waals surface area contributed by atoms with Crippen LogP contribution in [0.25, 0.3) is 0 Å². The zero-order chi connectivity index (χ0) is 20.5. The third kappa shape index (κ3) is 6.56. The topological polar surface area (TPSA) is 63.2 Å².